The molecule has 5 nitrogen and oxygen atoms in total. The van der Waals surface area contributed by atoms with Crippen molar-refractivity contribution in [3.8, 4) is 0 Å². The molecule has 0 aliphatic heterocycles. The molecule has 100 valence electrons. The number of hydrogen-bond acceptors (Lipinski definition) is 3. The molecule has 0 radical (unpaired) electrons. The molecule has 1 N–H and O–H groups in total. The molecule has 0 heterocycles. The molecule has 0 unspecified atom stereocenters. The lowest BCUT2D eigenvalue weighted by molar-refractivity contribution is -0.131. The lowest BCUT2D eigenvalue weighted by Crippen LogP contribution is -2.35. The summed E-state index contributed by atoms with van der Waals surface area (Å²) in [6.07, 6.45) is 1.24. The molecule has 0 fully saturated rings. The SMILES string of the molecule is CCCOCC(=O)NCCC(=O)N(CC)CC. The summed E-state index contributed by atoms with van der Waals surface area (Å²) in [5.74, 6) is -0.0874. The Labute approximate surface area is 103 Å². The van der Waals surface area contributed by atoms with E-state index in [2.05, 4.69) is 5.32 Å². The number of ether oxygens (including phenoxy) is 1. The monoisotopic (exact) mass is 244 g/mol. The van der Waals surface area contributed by atoms with E-state index in [1.165, 1.54) is 0 Å². The summed E-state index contributed by atoms with van der Waals surface area (Å²) < 4.78 is 5.08. The molecule has 0 aromatic rings. The van der Waals surface area contributed by atoms with E-state index in [9.17, 15) is 9.59 Å². The summed E-state index contributed by atoms with van der Waals surface area (Å²) >= 11 is 0. The highest BCUT2D eigenvalue weighted by Gasteiger charge is 2.09. The van der Waals surface area contributed by atoms with Crippen molar-refractivity contribution >= 4 is 11.8 Å². The first-order valence-electron chi connectivity index (χ1n) is 6.27. The molecule has 0 saturated carbocycles. The van der Waals surface area contributed by atoms with Gasteiger partial charge < -0.3 is 15.0 Å². The topological polar surface area (TPSA) is 58.6 Å². The maximum atomic E-state index is 11.6. The molecule has 0 saturated heterocycles. The Morgan fingerprint density at radius 3 is 2.35 bits per heavy atom. The zero-order valence-electron chi connectivity index (χ0n) is 11.1. The summed E-state index contributed by atoms with van der Waals surface area (Å²) in [7, 11) is 0. The van der Waals surface area contributed by atoms with Crippen LogP contribution in [-0.4, -0.2) is 49.6 Å². The van der Waals surface area contributed by atoms with Crippen molar-refractivity contribution in [1.82, 2.24) is 10.2 Å². The number of carbonyl (C=O) groups is 2. The van der Waals surface area contributed by atoms with Crippen LogP contribution in [0.1, 0.15) is 33.6 Å². The maximum absolute atomic E-state index is 11.6. The Morgan fingerprint density at radius 1 is 1.18 bits per heavy atom. The van der Waals surface area contributed by atoms with E-state index in [1.54, 1.807) is 4.90 Å². The standard InChI is InChI=1S/C12H24N2O3/c1-4-9-17-10-11(15)13-8-7-12(16)14(5-2)6-3/h4-10H2,1-3H3,(H,13,15). The number of carbonyl (C=O) groups excluding carboxylic acids is 2. The smallest absolute Gasteiger partial charge is 0.246 e. The first-order valence-corrected chi connectivity index (χ1v) is 6.27. The minimum absolute atomic E-state index is 0.0739. The summed E-state index contributed by atoms with van der Waals surface area (Å²) in [5.41, 5.74) is 0. The Hall–Kier alpha value is -1.10. The Balaban J connectivity index is 3.61. The largest absolute Gasteiger partial charge is 0.372 e. The van der Waals surface area contributed by atoms with Crippen LogP contribution in [0.15, 0.2) is 0 Å². The Bertz CT molecular complexity index is 228. The fourth-order valence-electron chi connectivity index (χ4n) is 1.40. The molecule has 0 aliphatic rings. The van der Waals surface area contributed by atoms with Crippen LogP contribution in [0.2, 0.25) is 0 Å². The van der Waals surface area contributed by atoms with Gasteiger partial charge in [-0.2, -0.15) is 0 Å². The second-order valence-corrected chi connectivity index (χ2v) is 3.72. The van der Waals surface area contributed by atoms with E-state index >= 15 is 0 Å². The number of hydrogen-bond donors (Lipinski definition) is 1. The quantitative estimate of drug-likeness (QED) is 0.610. The molecule has 0 atom stereocenters. The van der Waals surface area contributed by atoms with Crippen LogP contribution >= 0.6 is 0 Å². The van der Waals surface area contributed by atoms with Gasteiger partial charge in [-0.25, -0.2) is 0 Å². The van der Waals surface area contributed by atoms with E-state index in [4.69, 9.17) is 4.74 Å². The predicted molar refractivity (Wildman–Crippen MR) is 66.7 cm³/mol. The third-order valence-electron chi connectivity index (χ3n) is 2.36. The second-order valence-electron chi connectivity index (χ2n) is 3.72. The highest BCUT2D eigenvalue weighted by molar-refractivity contribution is 5.79. The third-order valence-corrected chi connectivity index (χ3v) is 2.36. The average Bonchev–Trinajstić information content (AvgIpc) is 2.31. The Kier molecular flexibility index (Phi) is 9.43. The van der Waals surface area contributed by atoms with Crippen LogP contribution in [0.5, 0.6) is 0 Å². The first kappa shape index (κ1) is 15.9. The van der Waals surface area contributed by atoms with Crippen LogP contribution < -0.4 is 5.32 Å². The van der Waals surface area contributed by atoms with Crippen molar-refractivity contribution in [3.63, 3.8) is 0 Å². The summed E-state index contributed by atoms with van der Waals surface area (Å²) in [6, 6.07) is 0. The van der Waals surface area contributed by atoms with Gasteiger partial charge in [0.25, 0.3) is 0 Å². The molecule has 2 amide bonds. The number of nitrogens with zero attached hydrogens (tertiary/aromatic N) is 1. The van der Waals surface area contributed by atoms with Crippen molar-refractivity contribution in [2.45, 2.75) is 33.6 Å². The van der Waals surface area contributed by atoms with E-state index < -0.39 is 0 Å². The molecule has 0 aromatic carbocycles. The van der Waals surface area contributed by atoms with Gasteiger partial charge in [-0.3, -0.25) is 9.59 Å². The fourth-order valence-corrected chi connectivity index (χ4v) is 1.40. The van der Waals surface area contributed by atoms with Gasteiger partial charge in [0, 0.05) is 32.7 Å². The van der Waals surface area contributed by atoms with Gasteiger partial charge in [-0.05, 0) is 20.3 Å². The number of rotatable bonds is 9. The number of nitrogens with one attached hydrogen (secondary N) is 1. The normalized spacial score (nSPS) is 10.1. The highest BCUT2D eigenvalue weighted by Crippen LogP contribution is 1.92. The van der Waals surface area contributed by atoms with Crippen molar-refractivity contribution in [2.75, 3.05) is 32.8 Å². The molecular weight excluding hydrogens is 220 g/mol. The van der Waals surface area contributed by atoms with Gasteiger partial charge in [0.2, 0.25) is 11.8 Å². The van der Waals surface area contributed by atoms with Gasteiger partial charge in [0.15, 0.2) is 0 Å². The van der Waals surface area contributed by atoms with Crippen LogP contribution in [0, 0.1) is 0 Å². The van der Waals surface area contributed by atoms with Gasteiger partial charge >= 0.3 is 0 Å². The molecule has 0 spiro atoms. The van der Waals surface area contributed by atoms with E-state index in [1.807, 2.05) is 20.8 Å². The van der Waals surface area contributed by atoms with E-state index in [0.717, 1.165) is 6.42 Å². The first-order chi connectivity index (χ1) is 8.15. The van der Waals surface area contributed by atoms with Crippen molar-refractivity contribution in [3.05, 3.63) is 0 Å². The van der Waals surface area contributed by atoms with Gasteiger partial charge in [0.05, 0.1) is 0 Å². The third kappa shape index (κ3) is 7.74. The van der Waals surface area contributed by atoms with Crippen LogP contribution in [0.4, 0.5) is 0 Å². The summed E-state index contributed by atoms with van der Waals surface area (Å²) in [4.78, 5) is 24.6. The Morgan fingerprint density at radius 2 is 1.82 bits per heavy atom. The molecule has 0 aromatic heterocycles. The van der Waals surface area contributed by atoms with Crippen LogP contribution in [0.3, 0.4) is 0 Å². The average molecular weight is 244 g/mol. The zero-order valence-corrected chi connectivity index (χ0v) is 11.1. The van der Waals surface area contributed by atoms with E-state index in [-0.39, 0.29) is 18.4 Å². The second kappa shape index (κ2) is 10.1. The molecule has 0 rings (SSSR count). The lowest BCUT2D eigenvalue weighted by Gasteiger charge is -2.18. The van der Waals surface area contributed by atoms with Crippen molar-refractivity contribution < 1.29 is 14.3 Å². The summed E-state index contributed by atoms with van der Waals surface area (Å²) in [6.45, 7) is 8.34. The van der Waals surface area contributed by atoms with E-state index in [0.29, 0.717) is 32.7 Å². The molecule has 5 heteroatoms. The lowest BCUT2D eigenvalue weighted by atomic mass is 10.3. The zero-order chi connectivity index (χ0) is 13.1. The van der Waals surface area contributed by atoms with Crippen LogP contribution in [-0.2, 0) is 14.3 Å². The minimum Gasteiger partial charge on any atom is -0.372 e. The minimum atomic E-state index is -0.161. The molecular formula is C12H24N2O3. The van der Waals surface area contributed by atoms with Crippen molar-refractivity contribution in [1.29, 1.82) is 0 Å². The van der Waals surface area contributed by atoms with Crippen molar-refractivity contribution in [2.24, 2.45) is 0 Å². The van der Waals surface area contributed by atoms with Gasteiger partial charge in [-0.15, -0.1) is 0 Å². The van der Waals surface area contributed by atoms with Gasteiger partial charge in [-0.1, -0.05) is 6.92 Å². The number of amides is 2. The summed E-state index contributed by atoms with van der Waals surface area (Å²) in [5, 5.41) is 2.66. The highest BCUT2D eigenvalue weighted by atomic mass is 16.5. The molecule has 0 aliphatic carbocycles. The predicted octanol–water partition coefficient (Wildman–Crippen LogP) is 0.788. The van der Waals surface area contributed by atoms with Crippen LogP contribution in [0.25, 0.3) is 0 Å². The molecule has 0 bridgehead atoms. The fraction of sp³-hybridized carbons (Fsp3) is 0.833. The van der Waals surface area contributed by atoms with Gasteiger partial charge in [0.1, 0.15) is 6.61 Å². The molecule has 17 heavy (non-hydrogen) atoms. The maximum Gasteiger partial charge on any atom is 0.246 e.